The lowest BCUT2D eigenvalue weighted by Crippen LogP contribution is -2.50. The van der Waals surface area contributed by atoms with E-state index in [4.69, 9.17) is 14.2 Å². The molecule has 0 spiro atoms. The molecule has 1 aliphatic rings. The van der Waals surface area contributed by atoms with Crippen LogP contribution in [0.1, 0.15) is 42.7 Å². The number of urea groups is 1. The minimum atomic E-state index is -0.691. The summed E-state index contributed by atoms with van der Waals surface area (Å²) in [7, 11) is 2.82. The monoisotopic (exact) mass is 390 g/mol. The minimum absolute atomic E-state index is 0.107. The zero-order chi connectivity index (χ0) is 20.8. The molecule has 2 amide bonds. The van der Waals surface area contributed by atoms with Gasteiger partial charge in [0.25, 0.3) is 0 Å². The summed E-state index contributed by atoms with van der Waals surface area (Å²) in [6.45, 7) is 5.83. The van der Waals surface area contributed by atoms with Crippen LogP contribution in [0.2, 0.25) is 0 Å². The lowest BCUT2D eigenvalue weighted by molar-refractivity contribution is -0.141. The largest absolute Gasteiger partial charge is 0.465 e. The highest BCUT2D eigenvalue weighted by molar-refractivity contribution is 5.95. The van der Waals surface area contributed by atoms with Crippen LogP contribution < -0.4 is 5.32 Å². The van der Waals surface area contributed by atoms with Crippen molar-refractivity contribution < 1.29 is 28.6 Å². The van der Waals surface area contributed by atoms with Gasteiger partial charge in [0.1, 0.15) is 6.61 Å². The van der Waals surface area contributed by atoms with Gasteiger partial charge in [0, 0.05) is 18.8 Å². The third-order valence-electron chi connectivity index (χ3n) is 4.45. The van der Waals surface area contributed by atoms with Crippen molar-refractivity contribution in [2.24, 2.45) is 0 Å². The predicted molar refractivity (Wildman–Crippen MR) is 102 cm³/mol. The Bertz CT molecular complexity index is 769. The minimum Gasteiger partial charge on any atom is -0.465 e. The van der Waals surface area contributed by atoms with Crippen molar-refractivity contribution in [3.8, 4) is 0 Å². The third-order valence-corrected chi connectivity index (χ3v) is 4.45. The van der Waals surface area contributed by atoms with E-state index < -0.39 is 18.0 Å². The van der Waals surface area contributed by atoms with Gasteiger partial charge in [0.15, 0.2) is 0 Å². The number of allylic oxidation sites excluding steroid dienone is 1. The number of methoxy groups -OCH3 is 2. The Balaban J connectivity index is 2.43. The fourth-order valence-corrected chi connectivity index (χ4v) is 3.12. The first-order valence-corrected chi connectivity index (χ1v) is 8.96. The van der Waals surface area contributed by atoms with E-state index in [-0.39, 0.29) is 25.3 Å². The molecule has 0 unspecified atom stereocenters. The van der Waals surface area contributed by atoms with Gasteiger partial charge in [-0.3, -0.25) is 4.90 Å². The maximum absolute atomic E-state index is 12.8. The summed E-state index contributed by atoms with van der Waals surface area (Å²) in [5.74, 6) is -0.988. The van der Waals surface area contributed by atoms with E-state index in [1.54, 1.807) is 31.2 Å². The average molecular weight is 390 g/mol. The van der Waals surface area contributed by atoms with Crippen LogP contribution >= 0.6 is 0 Å². The van der Waals surface area contributed by atoms with Gasteiger partial charge in [-0.2, -0.15) is 0 Å². The highest BCUT2D eigenvalue weighted by Crippen LogP contribution is 2.32. The van der Waals surface area contributed by atoms with Gasteiger partial charge < -0.3 is 19.5 Å². The SMILES string of the molecule is COCCOC(=O)C1=C(C)N(C(C)C)C(=O)N[C@@H]1c1ccc(C(=O)OC)cc1. The second-order valence-corrected chi connectivity index (χ2v) is 6.59. The van der Waals surface area contributed by atoms with Crippen LogP contribution in [-0.4, -0.2) is 56.3 Å². The van der Waals surface area contributed by atoms with Gasteiger partial charge in [-0.15, -0.1) is 0 Å². The highest BCUT2D eigenvalue weighted by Gasteiger charge is 2.37. The van der Waals surface area contributed by atoms with Crippen LogP contribution in [-0.2, 0) is 19.0 Å². The summed E-state index contributed by atoms with van der Waals surface area (Å²) in [5, 5.41) is 2.86. The summed E-state index contributed by atoms with van der Waals surface area (Å²) >= 11 is 0. The molecule has 28 heavy (non-hydrogen) atoms. The van der Waals surface area contributed by atoms with Crippen LogP contribution in [0.3, 0.4) is 0 Å². The van der Waals surface area contributed by atoms with Crippen LogP contribution in [0.4, 0.5) is 4.79 Å². The summed E-state index contributed by atoms with van der Waals surface area (Å²) in [4.78, 5) is 38.6. The van der Waals surface area contributed by atoms with E-state index in [0.717, 1.165) is 0 Å². The highest BCUT2D eigenvalue weighted by atomic mass is 16.6. The van der Waals surface area contributed by atoms with Crippen LogP contribution in [0.15, 0.2) is 35.5 Å². The van der Waals surface area contributed by atoms with Crippen molar-refractivity contribution in [1.29, 1.82) is 0 Å². The quantitative estimate of drug-likeness (QED) is 0.568. The molecule has 152 valence electrons. The molecule has 0 fully saturated rings. The Hall–Kier alpha value is -2.87. The number of amides is 2. The van der Waals surface area contributed by atoms with Crippen LogP contribution in [0.5, 0.6) is 0 Å². The fourth-order valence-electron chi connectivity index (χ4n) is 3.12. The molecular weight excluding hydrogens is 364 g/mol. The van der Waals surface area contributed by atoms with Crippen molar-refractivity contribution in [2.45, 2.75) is 32.9 Å². The van der Waals surface area contributed by atoms with E-state index in [2.05, 4.69) is 5.32 Å². The summed E-state index contributed by atoms with van der Waals surface area (Å²) in [6.07, 6.45) is 0. The number of hydrogen-bond donors (Lipinski definition) is 1. The molecule has 0 saturated carbocycles. The Morgan fingerprint density at radius 1 is 1.11 bits per heavy atom. The van der Waals surface area contributed by atoms with Gasteiger partial charge in [-0.05, 0) is 38.5 Å². The standard InChI is InChI=1S/C20H26N2O6/c1-12(2)22-13(3)16(19(24)28-11-10-26-4)17(21-20(22)25)14-6-8-15(9-7-14)18(23)27-5/h6-9,12,17H,10-11H2,1-5H3,(H,21,25)/t17-/m1/s1. The number of esters is 2. The van der Waals surface area contributed by atoms with Crippen LogP contribution in [0, 0.1) is 0 Å². The lowest BCUT2D eigenvalue weighted by Gasteiger charge is -2.37. The molecule has 1 aliphatic heterocycles. The molecule has 0 bridgehead atoms. The molecular formula is C20H26N2O6. The Morgan fingerprint density at radius 2 is 1.75 bits per heavy atom. The Kier molecular flexibility index (Phi) is 7.17. The third kappa shape index (κ3) is 4.51. The molecule has 1 aromatic rings. The van der Waals surface area contributed by atoms with Gasteiger partial charge in [-0.1, -0.05) is 12.1 Å². The van der Waals surface area contributed by atoms with Crippen molar-refractivity contribution in [2.75, 3.05) is 27.4 Å². The molecule has 1 N–H and O–H groups in total. The van der Waals surface area contributed by atoms with Gasteiger partial charge in [0.05, 0.1) is 30.9 Å². The molecule has 1 atom stereocenters. The summed E-state index contributed by atoms with van der Waals surface area (Å²) < 4.78 is 14.9. The van der Waals surface area contributed by atoms with Crippen LogP contribution in [0.25, 0.3) is 0 Å². The first kappa shape index (κ1) is 21.4. The van der Waals surface area contributed by atoms with Crippen molar-refractivity contribution in [3.63, 3.8) is 0 Å². The Morgan fingerprint density at radius 3 is 2.29 bits per heavy atom. The fraction of sp³-hybridized carbons (Fsp3) is 0.450. The smallest absolute Gasteiger partial charge is 0.338 e. The molecule has 0 aliphatic carbocycles. The van der Waals surface area contributed by atoms with E-state index >= 15 is 0 Å². The molecule has 0 radical (unpaired) electrons. The first-order valence-electron chi connectivity index (χ1n) is 8.96. The number of hydrogen-bond acceptors (Lipinski definition) is 6. The van der Waals surface area contributed by atoms with E-state index in [9.17, 15) is 14.4 Å². The van der Waals surface area contributed by atoms with Gasteiger partial charge in [0.2, 0.25) is 0 Å². The molecule has 0 aromatic heterocycles. The van der Waals surface area contributed by atoms with Crippen molar-refractivity contribution in [1.82, 2.24) is 10.2 Å². The summed E-state index contributed by atoms with van der Waals surface area (Å²) in [6, 6.07) is 5.41. The number of nitrogens with zero attached hydrogens (tertiary/aromatic N) is 1. The van der Waals surface area contributed by atoms with Crippen molar-refractivity contribution in [3.05, 3.63) is 46.7 Å². The maximum Gasteiger partial charge on any atom is 0.338 e. The number of ether oxygens (including phenoxy) is 3. The number of rotatable bonds is 7. The van der Waals surface area contributed by atoms with Crippen molar-refractivity contribution >= 4 is 18.0 Å². The zero-order valence-electron chi connectivity index (χ0n) is 16.8. The second-order valence-electron chi connectivity index (χ2n) is 6.59. The normalized spacial score (nSPS) is 16.9. The summed E-state index contributed by atoms with van der Waals surface area (Å²) in [5.41, 5.74) is 1.91. The van der Waals surface area contributed by atoms with Gasteiger partial charge in [-0.25, -0.2) is 14.4 Å². The molecule has 1 heterocycles. The zero-order valence-corrected chi connectivity index (χ0v) is 16.8. The number of benzene rings is 1. The first-order chi connectivity index (χ1) is 13.3. The topological polar surface area (TPSA) is 94.2 Å². The van der Waals surface area contributed by atoms with E-state index in [1.807, 2.05) is 13.8 Å². The van der Waals surface area contributed by atoms with E-state index in [0.29, 0.717) is 22.4 Å². The lowest BCUT2D eigenvalue weighted by atomic mass is 9.93. The van der Waals surface area contributed by atoms with Gasteiger partial charge >= 0.3 is 18.0 Å². The molecule has 8 nitrogen and oxygen atoms in total. The average Bonchev–Trinajstić information content (AvgIpc) is 2.66. The molecule has 1 aromatic carbocycles. The molecule has 0 saturated heterocycles. The molecule has 8 heteroatoms. The Labute approximate surface area is 164 Å². The molecule has 2 rings (SSSR count). The maximum atomic E-state index is 12.8. The second kappa shape index (κ2) is 9.36. The number of carbonyl (C=O) groups is 3. The number of nitrogens with one attached hydrogen (secondary N) is 1. The predicted octanol–water partition coefficient (Wildman–Crippen LogP) is 2.41. The number of carbonyl (C=O) groups excluding carboxylic acids is 3. The van der Waals surface area contributed by atoms with E-state index in [1.165, 1.54) is 19.1 Å².